The minimum Gasteiger partial charge on any atom is -0.494 e. The van der Waals surface area contributed by atoms with Crippen LogP contribution in [0.1, 0.15) is 31.7 Å². The molecule has 0 heterocycles. The SMILES string of the molecule is CCOc1ccc(CCCNC(=O)C2CC2)cc1. The maximum atomic E-state index is 11.4. The first-order chi connectivity index (χ1) is 8.79. The van der Waals surface area contributed by atoms with Crippen LogP contribution in [-0.2, 0) is 11.2 Å². The van der Waals surface area contributed by atoms with E-state index in [1.807, 2.05) is 19.1 Å². The molecule has 1 saturated carbocycles. The number of benzene rings is 1. The Hall–Kier alpha value is -1.51. The van der Waals surface area contributed by atoms with E-state index in [0.29, 0.717) is 12.5 Å². The predicted octanol–water partition coefficient (Wildman–Crippen LogP) is 2.54. The molecule has 1 aromatic rings. The minimum atomic E-state index is 0.238. The van der Waals surface area contributed by atoms with E-state index < -0.39 is 0 Å². The molecule has 1 N–H and O–H groups in total. The van der Waals surface area contributed by atoms with Gasteiger partial charge in [-0.2, -0.15) is 0 Å². The average Bonchev–Trinajstić information content (AvgIpc) is 3.21. The van der Waals surface area contributed by atoms with Crippen molar-refractivity contribution in [3.63, 3.8) is 0 Å². The zero-order valence-corrected chi connectivity index (χ0v) is 10.9. The van der Waals surface area contributed by atoms with Gasteiger partial charge < -0.3 is 10.1 Å². The molecule has 3 heteroatoms. The Kier molecular flexibility index (Phi) is 4.62. The number of hydrogen-bond acceptors (Lipinski definition) is 2. The van der Waals surface area contributed by atoms with Crippen LogP contribution in [-0.4, -0.2) is 19.1 Å². The molecule has 0 aliphatic heterocycles. The number of ether oxygens (including phenoxy) is 1. The second-order valence-electron chi connectivity index (χ2n) is 4.75. The predicted molar refractivity (Wildman–Crippen MR) is 71.7 cm³/mol. The zero-order valence-electron chi connectivity index (χ0n) is 10.9. The van der Waals surface area contributed by atoms with Gasteiger partial charge in [0.15, 0.2) is 0 Å². The highest BCUT2D eigenvalue weighted by Crippen LogP contribution is 2.28. The van der Waals surface area contributed by atoms with E-state index in [-0.39, 0.29) is 5.91 Å². The standard InChI is InChI=1S/C15H21NO2/c1-2-18-14-9-5-12(6-10-14)4-3-11-16-15(17)13-7-8-13/h5-6,9-10,13H,2-4,7-8,11H2,1H3,(H,16,17). The van der Waals surface area contributed by atoms with Crippen LogP contribution in [0.25, 0.3) is 0 Å². The Bertz CT molecular complexity index is 382. The van der Waals surface area contributed by atoms with Crippen molar-refractivity contribution in [1.82, 2.24) is 5.32 Å². The summed E-state index contributed by atoms with van der Waals surface area (Å²) in [7, 11) is 0. The zero-order chi connectivity index (χ0) is 12.8. The summed E-state index contributed by atoms with van der Waals surface area (Å²) >= 11 is 0. The van der Waals surface area contributed by atoms with Crippen molar-refractivity contribution >= 4 is 5.91 Å². The van der Waals surface area contributed by atoms with Gasteiger partial charge in [-0.3, -0.25) is 4.79 Å². The fourth-order valence-electron chi connectivity index (χ4n) is 1.91. The molecule has 0 radical (unpaired) electrons. The quantitative estimate of drug-likeness (QED) is 0.752. The summed E-state index contributed by atoms with van der Waals surface area (Å²) in [5.41, 5.74) is 1.29. The largest absolute Gasteiger partial charge is 0.494 e. The van der Waals surface area contributed by atoms with E-state index in [9.17, 15) is 4.79 Å². The monoisotopic (exact) mass is 247 g/mol. The van der Waals surface area contributed by atoms with Gasteiger partial charge in [0, 0.05) is 12.5 Å². The van der Waals surface area contributed by atoms with E-state index in [4.69, 9.17) is 4.74 Å². The van der Waals surface area contributed by atoms with Crippen LogP contribution in [0.4, 0.5) is 0 Å². The molecular weight excluding hydrogens is 226 g/mol. The third-order valence-electron chi connectivity index (χ3n) is 3.12. The molecule has 1 aliphatic carbocycles. The summed E-state index contributed by atoms with van der Waals surface area (Å²) in [6, 6.07) is 8.19. The van der Waals surface area contributed by atoms with Crippen molar-refractivity contribution in [2.75, 3.05) is 13.2 Å². The van der Waals surface area contributed by atoms with Crippen molar-refractivity contribution in [1.29, 1.82) is 0 Å². The fraction of sp³-hybridized carbons (Fsp3) is 0.533. The molecule has 98 valence electrons. The van der Waals surface area contributed by atoms with Gasteiger partial charge in [0.2, 0.25) is 5.91 Å². The third-order valence-corrected chi connectivity index (χ3v) is 3.12. The number of aryl methyl sites for hydroxylation is 1. The van der Waals surface area contributed by atoms with Crippen molar-refractivity contribution in [3.05, 3.63) is 29.8 Å². The summed E-state index contributed by atoms with van der Waals surface area (Å²) in [6.07, 6.45) is 4.14. The number of amides is 1. The molecule has 0 spiro atoms. The molecule has 1 amide bonds. The summed E-state index contributed by atoms with van der Waals surface area (Å²) < 4.78 is 5.39. The van der Waals surface area contributed by atoms with Crippen molar-refractivity contribution in [2.24, 2.45) is 5.92 Å². The molecule has 1 aliphatic rings. The molecule has 0 bridgehead atoms. The molecule has 1 fully saturated rings. The summed E-state index contributed by atoms with van der Waals surface area (Å²) in [6.45, 7) is 3.46. The second kappa shape index (κ2) is 6.43. The Morgan fingerprint density at radius 3 is 2.67 bits per heavy atom. The highest BCUT2D eigenvalue weighted by Gasteiger charge is 2.28. The van der Waals surface area contributed by atoms with Gasteiger partial charge in [-0.1, -0.05) is 12.1 Å². The lowest BCUT2D eigenvalue weighted by Gasteiger charge is -2.06. The third kappa shape index (κ3) is 4.06. The van der Waals surface area contributed by atoms with E-state index in [2.05, 4.69) is 17.4 Å². The van der Waals surface area contributed by atoms with E-state index in [0.717, 1.165) is 38.0 Å². The molecule has 0 saturated heterocycles. The lowest BCUT2D eigenvalue weighted by molar-refractivity contribution is -0.122. The lowest BCUT2D eigenvalue weighted by atomic mass is 10.1. The van der Waals surface area contributed by atoms with Gasteiger partial charge in [-0.05, 0) is 50.3 Å². The normalized spacial score (nSPS) is 14.3. The van der Waals surface area contributed by atoms with Crippen LogP contribution in [0.5, 0.6) is 5.75 Å². The van der Waals surface area contributed by atoms with Gasteiger partial charge in [-0.15, -0.1) is 0 Å². The van der Waals surface area contributed by atoms with Gasteiger partial charge in [0.25, 0.3) is 0 Å². The molecule has 3 nitrogen and oxygen atoms in total. The highest BCUT2D eigenvalue weighted by molar-refractivity contribution is 5.80. The van der Waals surface area contributed by atoms with Crippen LogP contribution in [0.3, 0.4) is 0 Å². The fourth-order valence-corrected chi connectivity index (χ4v) is 1.91. The topological polar surface area (TPSA) is 38.3 Å². The Labute approximate surface area is 109 Å². The molecule has 18 heavy (non-hydrogen) atoms. The van der Waals surface area contributed by atoms with Gasteiger partial charge in [0.1, 0.15) is 5.75 Å². The number of nitrogens with one attached hydrogen (secondary N) is 1. The van der Waals surface area contributed by atoms with Crippen molar-refractivity contribution in [2.45, 2.75) is 32.6 Å². The molecule has 0 atom stereocenters. The van der Waals surface area contributed by atoms with Crippen LogP contribution < -0.4 is 10.1 Å². The second-order valence-corrected chi connectivity index (χ2v) is 4.75. The first kappa shape index (κ1) is 12.9. The van der Waals surface area contributed by atoms with Gasteiger partial charge in [0.05, 0.1) is 6.61 Å². The smallest absolute Gasteiger partial charge is 0.223 e. The van der Waals surface area contributed by atoms with E-state index >= 15 is 0 Å². The van der Waals surface area contributed by atoms with Gasteiger partial charge >= 0.3 is 0 Å². The number of hydrogen-bond donors (Lipinski definition) is 1. The van der Waals surface area contributed by atoms with Crippen LogP contribution in [0.2, 0.25) is 0 Å². The van der Waals surface area contributed by atoms with Gasteiger partial charge in [-0.25, -0.2) is 0 Å². The summed E-state index contributed by atoms with van der Waals surface area (Å²) in [4.78, 5) is 11.4. The average molecular weight is 247 g/mol. The first-order valence-corrected chi connectivity index (χ1v) is 6.79. The van der Waals surface area contributed by atoms with Crippen LogP contribution >= 0.6 is 0 Å². The van der Waals surface area contributed by atoms with Crippen molar-refractivity contribution in [3.8, 4) is 5.75 Å². The summed E-state index contributed by atoms with van der Waals surface area (Å²) in [5.74, 6) is 1.47. The minimum absolute atomic E-state index is 0.238. The maximum absolute atomic E-state index is 11.4. The summed E-state index contributed by atoms with van der Waals surface area (Å²) in [5, 5.41) is 2.98. The first-order valence-electron chi connectivity index (χ1n) is 6.79. The number of carbonyl (C=O) groups excluding carboxylic acids is 1. The Morgan fingerprint density at radius 2 is 2.06 bits per heavy atom. The molecule has 0 aromatic heterocycles. The van der Waals surface area contributed by atoms with Crippen LogP contribution in [0, 0.1) is 5.92 Å². The Balaban J connectivity index is 1.64. The van der Waals surface area contributed by atoms with Crippen molar-refractivity contribution < 1.29 is 9.53 Å². The molecular formula is C15H21NO2. The highest BCUT2D eigenvalue weighted by atomic mass is 16.5. The molecule has 1 aromatic carbocycles. The lowest BCUT2D eigenvalue weighted by Crippen LogP contribution is -2.26. The molecule has 0 unspecified atom stereocenters. The Morgan fingerprint density at radius 1 is 1.33 bits per heavy atom. The van der Waals surface area contributed by atoms with Crippen LogP contribution in [0.15, 0.2) is 24.3 Å². The molecule has 2 rings (SSSR count). The maximum Gasteiger partial charge on any atom is 0.223 e. The van der Waals surface area contributed by atoms with E-state index in [1.165, 1.54) is 5.56 Å². The number of carbonyl (C=O) groups is 1. The van der Waals surface area contributed by atoms with E-state index in [1.54, 1.807) is 0 Å². The number of rotatable bonds is 7.